The molecule has 2 aromatic rings. The van der Waals surface area contributed by atoms with Gasteiger partial charge in [-0.05, 0) is 24.6 Å². The highest BCUT2D eigenvalue weighted by atomic mass is 16.6. The number of urea groups is 1. The maximum atomic E-state index is 12.0. The lowest BCUT2D eigenvalue weighted by Gasteiger charge is -2.19. The summed E-state index contributed by atoms with van der Waals surface area (Å²) in [4.78, 5) is 12.0. The second-order valence-corrected chi connectivity index (χ2v) is 5.33. The minimum Gasteiger partial charge on any atom is -0.486 e. The highest BCUT2D eigenvalue weighted by Crippen LogP contribution is 2.30. The summed E-state index contributed by atoms with van der Waals surface area (Å²) < 4.78 is 12.8. The van der Waals surface area contributed by atoms with Crippen LogP contribution < -0.4 is 20.1 Å². The molecule has 8 nitrogen and oxygen atoms in total. The van der Waals surface area contributed by atoms with Crippen molar-refractivity contribution in [2.45, 2.75) is 19.5 Å². The third-order valence-electron chi connectivity index (χ3n) is 3.54. The van der Waals surface area contributed by atoms with Gasteiger partial charge in [0.05, 0.1) is 6.04 Å². The van der Waals surface area contributed by atoms with Crippen molar-refractivity contribution >= 4 is 6.03 Å². The van der Waals surface area contributed by atoms with E-state index in [-0.39, 0.29) is 12.1 Å². The molecular formula is C15H19N5O3. The average Bonchev–Trinajstić information content (AvgIpc) is 2.99. The highest BCUT2D eigenvalue weighted by molar-refractivity contribution is 5.74. The van der Waals surface area contributed by atoms with Crippen molar-refractivity contribution in [3.05, 3.63) is 35.9 Å². The van der Waals surface area contributed by atoms with Crippen LogP contribution in [0.15, 0.2) is 24.5 Å². The molecule has 8 heteroatoms. The van der Waals surface area contributed by atoms with E-state index in [4.69, 9.17) is 9.47 Å². The van der Waals surface area contributed by atoms with E-state index in [1.807, 2.05) is 32.2 Å². The summed E-state index contributed by atoms with van der Waals surface area (Å²) in [5.74, 6) is 2.14. The van der Waals surface area contributed by atoms with Crippen LogP contribution in [0.2, 0.25) is 0 Å². The van der Waals surface area contributed by atoms with E-state index in [1.54, 1.807) is 10.9 Å². The topological polar surface area (TPSA) is 90.3 Å². The predicted molar refractivity (Wildman–Crippen MR) is 82.2 cm³/mol. The monoisotopic (exact) mass is 317 g/mol. The van der Waals surface area contributed by atoms with Crippen molar-refractivity contribution in [2.24, 2.45) is 7.05 Å². The average molecular weight is 317 g/mol. The van der Waals surface area contributed by atoms with Gasteiger partial charge in [-0.3, -0.25) is 0 Å². The first kappa shape index (κ1) is 15.1. The summed E-state index contributed by atoms with van der Waals surface area (Å²) in [5, 5.41) is 13.4. The largest absolute Gasteiger partial charge is 0.486 e. The standard InChI is InChI=1S/C15H19N5O3/c1-10(14-19-17-9-20(14)2)18-15(21)16-8-11-3-4-12-13(7-11)23-6-5-22-12/h3-4,7,9-10H,5-6,8H2,1-2H3,(H2,16,18,21). The number of hydrogen-bond donors (Lipinski definition) is 2. The molecule has 0 bridgehead atoms. The number of nitrogens with zero attached hydrogens (tertiary/aromatic N) is 3. The molecular weight excluding hydrogens is 298 g/mol. The van der Waals surface area contributed by atoms with Crippen molar-refractivity contribution < 1.29 is 14.3 Å². The molecule has 0 saturated carbocycles. The van der Waals surface area contributed by atoms with Crippen molar-refractivity contribution in [3.8, 4) is 11.5 Å². The molecule has 3 rings (SSSR count). The molecule has 0 aliphatic carbocycles. The predicted octanol–water partition coefficient (Wildman–Crippen LogP) is 1.15. The molecule has 122 valence electrons. The number of carbonyl (C=O) groups is 1. The van der Waals surface area contributed by atoms with Gasteiger partial charge in [0.2, 0.25) is 0 Å². The molecule has 1 unspecified atom stereocenters. The zero-order valence-corrected chi connectivity index (χ0v) is 13.1. The van der Waals surface area contributed by atoms with Crippen LogP contribution in [0.3, 0.4) is 0 Å². The number of ether oxygens (including phenoxy) is 2. The Bertz CT molecular complexity index is 700. The minimum atomic E-state index is -0.268. The zero-order chi connectivity index (χ0) is 16.2. The van der Waals surface area contributed by atoms with Crippen LogP contribution in [0.25, 0.3) is 0 Å². The van der Waals surface area contributed by atoms with Crippen LogP contribution in [0.1, 0.15) is 24.4 Å². The van der Waals surface area contributed by atoms with Crippen molar-refractivity contribution in [1.29, 1.82) is 0 Å². The number of amides is 2. The van der Waals surface area contributed by atoms with E-state index in [0.717, 1.165) is 11.3 Å². The summed E-state index contributed by atoms with van der Waals surface area (Å²) >= 11 is 0. The number of carbonyl (C=O) groups excluding carboxylic acids is 1. The Morgan fingerprint density at radius 3 is 2.87 bits per heavy atom. The molecule has 1 aliphatic rings. The number of benzene rings is 1. The number of fused-ring (bicyclic) bond motifs is 1. The molecule has 2 N–H and O–H groups in total. The number of nitrogens with one attached hydrogen (secondary N) is 2. The van der Waals surface area contributed by atoms with Gasteiger partial charge in [0, 0.05) is 13.6 Å². The van der Waals surface area contributed by atoms with E-state index >= 15 is 0 Å². The normalized spacial score (nSPS) is 14.2. The van der Waals surface area contributed by atoms with Crippen LogP contribution >= 0.6 is 0 Å². The first-order chi connectivity index (χ1) is 11.1. The molecule has 2 heterocycles. The van der Waals surface area contributed by atoms with E-state index < -0.39 is 0 Å². The van der Waals surface area contributed by atoms with Crippen molar-refractivity contribution in [1.82, 2.24) is 25.4 Å². The van der Waals surface area contributed by atoms with Crippen LogP contribution in [-0.4, -0.2) is 34.0 Å². The molecule has 23 heavy (non-hydrogen) atoms. The third-order valence-corrected chi connectivity index (χ3v) is 3.54. The maximum absolute atomic E-state index is 12.0. The van der Waals surface area contributed by atoms with Gasteiger partial charge in [0.25, 0.3) is 0 Å². The lowest BCUT2D eigenvalue weighted by atomic mass is 10.2. The molecule has 0 fully saturated rings. The summed E-state index contributed by atoms with van der Waals surface area (Å²) in [6, 6.07) is 5.13. The van der Waals surface area contributed by atoms with Gasteiger partial charge < -0.3 is 24.7 Å². The lowest BCUT2D eigenvalue weighted by molar-refractivity contribution is 0.171. The van der Waals surface area contributed by atoms with Gasteiger partial charge in [-0.2, -0.15) is 0 Å². The molecule has 0 saturated heterocycles. The van der Waals surface area contributed by atoms with Crippen LogP contribution in [0.4, 0.5) is 4.79 Å². The summed E-state index contributed by atoms with van der Waals surface area (Å²) in [6.07, 6.45) is 1.60. The Morgan fingerprint density at radius 2 is 2.13 bits per heavy atom. The van der Waals surface area contributed by atoms with Crippen LogP contribution in [0, 0.1) is 0 Å². The number of aromatic nitrogens is 3. The summed E-state index contributed by atoms with van der Waals surface area (Å²) in [6.45, 7) is 3.36. The Morgan fingerprint density at radius 1 is 1.35 bits per heavy atom. The first-order valence-corrected chi connectivity index (χ1v) is 7.40. The smallest absolute Gasteiger partial charge is 0.315 e. The second kappa shape index (κ2) is 6.55. The fraction of sp³-hybridized carbons (Fsp3) is 0.400. The van der Waals surface area contributed by atoms with Gasteiger partial charge in [-0.15, -0.1) is 10.2 Å². The van der Waals surface area contributed by atoms with Crippen molar-refractivity contribution in [3.63, 3.8) is 0 Å². The van der Waals surface area contributed by atoms with Gasteiger partial charge in [-0.25, -0.2) is 4.79 Å². The second-order valence-electron chi connectivity index (χ2n) is 5.33. The Hall–Kier alpha value is -2.77. The third kappa shape index (κ3) is 3.53. The molecule has 0 radical (unpaired) electrons. The van der Waals surface area contributed by atoms with Gasteiger partial charge in [-0.1, -0.05) is 6.07 Å². The summed E-state index contributed by atoms with van der Waals surface area (Å²) in [7, 11) is 1.83. The number of rotatable bonds is 4. The molecule has 1 aromatic carbocycles. The van der Waals surface area contributed by atoms with Crippen LogP contribution in [0.5, 0.6) is 11.5 Å². The fourth-order valence-corrected chi connectivity index (χ4v) is 2.38. The number of aryl methyl sites for hydroxylation is 1. The zero-order valence-electron chi connectivity index (χ0n) is 13.1. The Kier molecular flexibility index (Phi) is 4.31. The van der Waals surface area contributed by atoms with Gasteiger partial charge in [0.15, 0.2) is 17.3 Å². The van der Waals surface area contributed by atoms with Crippen molar-refractivity contribution in [2.75, 3.05) is 13.2 Å². The van der Waals surface area contributed by atoms with Crippen LogP contribution in [-0.2, 0) is 13.6 Å². The molecule has 2 amide bonds. The first-order valence-electron chi connectivity index (χ1n) is 7.40. The fourth-order valence-electron chi connectivity index (χ4n) is 2.38. The molecule has 1 aliphatic heterocycles. The van der Waals surface area contributed by atoms with E-state index in [0.29, 0.717) is 31.3 Å². The number of hydrogen-bond acceptors (Lipinski definition) is 5. The quantitative estimate of drug-likeness (QED) is 0.883. The molecule has 1 aromatic heterocycles. The molecule has 0 spiro atoms. The lowest BCUT2D eigenvalue weighted by Crippen LogP contribution is -2.37. The highest BCUT2D eigenvalue weighted by Gasteiger charge is 2.15. The Balaban J connectivity index is 1.54. The van der Waals surface area contributed by atoms with Gasteiger partial charge in [0.1, 0.15) is 19.5 Å². The maximum Gasteiger partial charge on any atom is 0.315 e. The summed E-state index contributed by atoms with van der Waals surface area (Å²) in [5.41, 5.74) is 0.940. The Labute approximate surface area is 133 Å². The van der Waals surface area contributed by atoms with E-state index in [1.165, 1.54) is 0 Å². The molecule has 1 atom stereocenters. The van der Waals surface area contributed by atoms with E-state index in [2.05, 4.69) is 20.8 Å². The SMILES string of the molecule is CC(NC(=O)NCc1ccc2c(c1)OCCO2)c1nncn1C. The van der Waals surface area contributed by atoms with E-state index in [9.17, 15) is 4.79 Å². The minimum absolute atomic E-state index is 0.234. The van der Waals surface area contributed by atoms with Gasteiger partial charge >= 0.3 is 6.03 Å².